The molecule has 2 aromatic carbocycles. The van der Waals surface area contributed by atoms with Gasteiger partial charge in [-0.1, -0.05) is 30.4 Å². The van der Waals surface area contributed by atoms with E-state index in [1.165, 1.54) is 23.5 Å². The lowest BCUT2D eigenvalue weighted by molar-refractivity contribution is 0.0985. The Labute approximate surface area is 182 Å². The third kappa shape index (κ3) is 4.71. The summed E-state index contributed by atoms with van der Waals surface area (Å²) >= 11 is 1.48. The number of hydrogen-bond donors (Lipinski definition) is 0. The fourth-order valence-electron chi connectivity index (χ4n) is 3.20. The Bertz CT molecular complexity index is 1180. The fourth-order valence-corrected chi connectivity index (χ4v) is 5.30. The van der Waals surface area contributed by atoms with Gasteiger partial charge in [0.1, 0.15) is 0 Å². The molecule has 0 saturated heterocycles. The number of hydrogen-bond acceptors (Lipinski definition) is 6. The molecule has 1 heterocycles. The standard InChI is InChI=1S/C22H27N3O3S2/c1-6-30(27,28)18-9-7-8-17(14-18)21(26)25(11-10-24(4)5)22-23-20-16(3)12-15(2)13-19(20)29-22/h7-9,12-14H,6,10-11H2,1-5H3. The number of likely N-dealkylation sites (N-methyl/N-ethyl adjacent to an activating group) is 1. The lowest BCUT2D eigenvalue weighted by atomic mass is 10.1. The minimum absolute atomic E-state index is 0.00845. The van der Waals surface area contributed by atoms with E-state index >= 15 is 0 Å². The van der Waals surface area contributed by atoms with E-state index in [2.05, 4.69) is 12.1 Å². The van der Waals surface area contributed by atoms with Gasteiger partial charge in [0, 0.05) is 18.7 Å². The zero-order valence-electron chi connectivity index (χ0n) is 18.0. The first-order valence-electron chi connectivity index (χ1n) is 9.79. The summed E-state index contributed by atoms with van der Waals surface area (Å²) in [6, 6.07) is 10.4. The van der Waals surface area contributed by atoms with E-state index in [0.29, 0.717) is 23.8 Å². The van der Waals surface area contributed by atoms with E-state index in [-0.39, 0.29) is 16.6 Å². The van der Waals surface area contributed by atoms with E-state index < -0.39 is 9.84 Å². The van der Waals surface area contributed by atoms with E-state index in [4.69, 9.17) is 4.98 Å². The molecule has 30 heavy (non-hydrogen) atoms. The van der Waals surface area contributed by atoms with Gasteiger partial charge in [-0.25, -0.2) is 13.4 Å². The smallest absolute Gasteiger partial charge is 0.260 e. The molecule has 0 saturated carbocycles. The van der Waals surface area contributed by atoms with Gasteiger partial charge in [-0.2, -0.15) is 0 Å². The molecule has 0 aliphatic heterocycles. The van der Waals surface area contributed by atoms with E-state index in [0.717, 1.165) is 21.3 Å². The summed E-state index contributed by atoms with van der Waals surface area (Å²) in [6.45, 7) is 6.77. The molecule has 0 atom stereocenters. The van der Waals surface area contributed by atoms with Gasteiger partial charge in [0.15, 0.2) is 15.0 Å². The highest BCUT2D eigenvalue weighted by Gasteiger charge is 2.23. The maximum absolute atomic E-state index is 13.4. The first-order valence-corrected chi connectivity index (χ1v) is 12.3. The first kappa shape index (κ1) is 22.4. The number of anilines is 1. The van der Waals surface area contributed by atoms with E-state index in [1.54, 1.807) is 24.0 Å². The van der Waals surface area contributed by atoms with Crippen molar-refractivity contribution in [1.82, 2.24) is 9.88 Å². The molecule has 0 N–H and O–H groups in total. The SMILES string of the molecule is CCS(=O)(=O)c1cccc(C(=O)N(CCN(C)C)c2nc3c(C)cc(C)cc3s2)c1. The lowest BCUT2D eigenvalue weighted by Crippen LogP contribution is -2.36. The Kier molecular flexibility index (Phi) is 6.59. The Morgan fingerprint density at radius 1 is 1.10 bits per heavy atom. The number of aryl methyl sites for hydroxylation is 2. The highest BCUT2D eigenvalue weighted by atomic mass is 32.2. The molecular weight excluding hydrogens is 418 g/mol. The molecule has 0 bridgehead atoms. The molecular formula is C22H27N3O3S2. The molecule has 3 aromatic rings. The minimum Gasteiger partial charge on any atom is -0.308 e. The fraction of sp³-hybridized carbons (Fsp3) is 0.364. The van der Waals surface area contributed by atoms with Crippen LogP contribution < -0.4 is 4.90 Å². The molecule has 1 aromatic heterocycles. The van der Waals surface area contributed by atoms with Crippen LogP contribution in [-0.4, -0.2) is 57.1 Å². The highest BCUT2D eigenvalue weighted by molar-refractivity contribution is 7.91. The summed E-state index contributed by atoms with van der Waals surface area (Å²) in [5.41, 5.74) is 3.46. The number of amides is 1. The summed E-state index contributed by atoms with van der Waals surface area (Å²) < 4.78 is 25.6. The van der Waals surface area contributed by atoms with Crippen molar-refractivity contribution in [3.05, 3.63) is 53.1 Å². The molecule has 6 nitrogen and oxygen atoms in total. The molecule has 3 rings (SSSR count). The normalized spacial score (nSPS) is 11.9. The predicted octanol–water partition coefficient (Wildman–Crippen LogP) is 3.92. The molecule has 160 valence electrons. The maximum atomic E-state index is 13.4. The number of rotatable bonds is 7. The second-order valence-corrected chi connectivity index (χ2v) is 10.9. The number of carbonyl (C=O) groups excluding carboxylic acids is 1. The van der Waals surface area contributed by atoms with Crippen molar-refractivity contribution in [2.75, 3.05) is 37.8 Å². The third-order valence-corrected chi connectivity index (χ3v) is 7.64. The molecule has 8 heteroatoms. The van der Waals surface area contributed by atoms with Crippen molar-refractivity contribution in [3.8, 4) is 0 Å². The van der Waals surface area contributed by atoms with Crippen molar-refractivity contribution in [3.63, 3.8) is 0 Å². The predicted molar refractivity (Wildman–Crippen MR) is 123 cm³/mol. The van der Waals surface area contributed by atoms with Crippen LogP contribution in [0.3, 0.4) is 0 Å². The van der Waals surface area contributed by atoms with Crippen LogP contribution in [-0.2, 0) is 9.84 Å². The molecule has 0 aliphatic carbocycles. The van der Waals surface area contributed by atoms with Crippen LogP contribution >= 0.6 is 11.3 Å². The number of aromatic nitrogens is 1. The van der Waals surface area contributed by atoms with Crippen LogP contribution in [0.5, 0.6) is 0 Å². The summed E-state index contributed by atoms with van der Waals surface area (Å²) in [5, 5.41) is 0.620. The second kappa shape index (κ2) is 8.83. The summed E-state index contributed by atoms with van der Waals surface area (Å²) in [6.07, 6.45) is 0. The van der Waals surface area contributed by atoms with Crippen LogP contribution in [0, 0.1) is 13.8 Å². The van der Waals surface area contributed by atoms with Gasteiger partial charge in [-0.15, -0.1) is 0 Å². The largest absolute Gasteiger partial charge is 0.308 e. The third-order valence-electron chi connectivity index (χ3n) is 4.89. The molecule has 1 amide bonds. The number of nitrogens with zero attached hydrogens (tertiary/aromatic N) is 3. The van der Waals surface area contributed by atoms with E-state index in [9.17, 15) is 13.2 Å². The van der Waals surface area contributed by atoms with Gasteiger partial charge in [-0.3, -0.25) is 9.69 Å². The first-order chi connectivity index (χ1) is 14.1. The Hall–Kier alpha value is -2.29. The highest BCUT2D eigenvalue weighted by Crippen LogP contribution is 2.32. The van der Waals surface area contributed by atoms with Crippen LogP contribution in [0.25, 0.3) is 10.2 Å². The number of sulfone groups is 1. The van der Waals surface area contributed by atoms with Gasteiger partial charge < -0.3 is 4.90 Å². The van der Waals surface area contributed by atoms with Crippen molar-refractivity contribution in [1.29, 1.82) is 0 Å². The van der Waals surface area contributed by atoms with Gasteiger partial charge in [0.2, 0.25) is 0 Å². The monoisotopic (exact) mass is 445 g/mol. The Morgan fingerprint density at radius 2 is 1.83 bits per heavy atom. The molecule has 0 spiro atoms. The summed E-state index contributed by atoms with van der Waals surface area (Å²) in [4.78, 5) is 22.0. The number of carbonyl (C=O) groups is 1. The zero-order valence-corrected chi connectivity index (χ0v) is 19.6. The van der Waals surface area contributed by atoms with Crippen LogP contribution in [0.4, 0.5) is 5.13 Å². The van der Waals surface area contributed by atoms with Gasteiger partial charge >= 0.3 is 0 Å². The van der Waals surface area contributed by atoms with Crippen molar-refractivity contribution in [2.24, 2.45) is 0 Å². The Balaban J connectivity index is 2.05. The zero-order chi connectivity index (χ0) is 22.1. The minimum atomic E-state index is -3.39. The average Bonchev–Trinajstić information content (AvgIpc) is 3.12. The molecule has 0 fully saturated rings. The van der Waals surface area contributed by atoms with Crippen molar-refractivity contribution in [2.45, 2.75) is 25.7 Å². The number of benzene rings is 2. The molecule has 0 unspecified atom stereocenters. The van der Waals surface area contributed by atoms with Gasteiger partial charge in [0.25, 0.3) is 5.91 Å². The van der Waals surface area contributed by atoms with Gasteiger partial charge in [-0.05, 0) is 63.3 Å². The summed E-state index contributed by atoms with van der Waals surface area (Å²) in [7, 11) is 0.502. The van der Waals surface area contributed by atoms with Crippen LogP contribution in [0.15, 0.2) is 41.3 Å². The molecule has 0 radical (unpaired) electrons. The van der Waals surface area contributed by atoms with Crippen molar-refractivity contribution >= 4 is 42.4 Å². The Morgan fingerprint density at radius 3 is 2.50 bits per heavy atom. The maximum Gasteiger partial charge on any atom is 0.260 e. The average molecular weight is 446 g/mol. The topological polar surface area (TPSA) is 70.6 Å². The van der Waals surface area contributed by atoms with E-state index in [1.807, 2.05) is 32.8 Å². The number of fused-ring (bicyclic) bond motifs is 1. The number of thiazole rings is 1. The second-order valence-electron chi connectivity index (χ2n) is 7.62. The van der Waals surface area contributed by atoms with Crippen molar-refractivity contribution < 1.29 is 13.2 Å². The van der Waals surface area contributed by atoms with Crippen LogP contribution in [0.1, 0.15) is 28.4 Å². The van der Waals surface area contributed by atoms with Gasteiger partial charge in [0.05, 0.1) is 20.9 Å². The summed E-state index contributed by atoms with van der Waals surface area (Å²) in [5.74, 6) is -0.260. The lowest BCUT2D eigenvalue weighted by Gasteiger charge is -2.22. The quantitative estimate of drug-likeness (QED) is 0.551. The van der Waals surface area contributed by atoms with Crippen LogP contribution in [0.2, 0.25) is 0 Å². The molecule has 0 aliphatic rings.